The maximum absolute atomic E-state index is 12.9. The minimum Gasteiger partial charge on any atom is -0.481 e. The number of alkyl halides is 3. The highest BCUT2D eigenvalue weighted by molar-refractivity contribution is 6.33. The molecule has 1 amide bonds. The topological polar surface area (TPSA) is 78.4 Å². The molecule has 9 heteroatoms. The molecule has 2 aromatic carbocycles. The average molecular weight is 483 g/mol. The number of carbonyl (C=O) groups excluding carboxylic acids is 1. The smallest absolute Gasteiger partial charge is 0.416 e. The molecule has 33 heavy (non-hydrogen) atoms. The van der Waals surface area contributed by atoms with Gasteiger partial charge in [0.05, 0.1) is 22.1 Å². The van der Waals surface area contributed by atoms with Gasteiger partial charge >= 0.3 is 12.1 Å². The van der Waals surface area contributed by atoms with Crippen molar-refractivity contribution in [3.05, 3.63) is 64.2 Å². The summed E-state index contributed by atoms with van der Waals surface area (Å²) >= 11 is 5.96. The fraction of sp³-hybridized carbons (Fsp3) is 0.417. The summed E-state index contributed by atoms with van der Waals surface area (Å²) in [4.78, 5) is 23.6. The third-order valence-electron chi connectivity index (χ3n) is 6.10. The number of benzene rings is 2. The van der Waals surface area contributed by atoms with E-state index in [1.165, 1.54) is 0 Å². The van der Waals surface area contributed by atoms with Crippen molar-refractivity contribution in [1.82, 2.24) is 5.32 Å². The summed E-state index contributed by atoms with van der Waals surface area (Å²) in [6.45, 7) is 2.39. The quantitative estimate of drug-likeness (QED) is 0.456. The van der Waals surface area contributed by atoms with Crippen molar-refractivity contribution in [1.29, 1.82) is 0 Å². The molecular formula is C24H26ClF3N2O3. The molecule has 0 spiro atoms. The number of amides is 1. The molecule has 1 atom stereocenters. The number of nitrogens with one attached hydrogen (secondary N) is 2. The number of anilines is 1. The van der Waals surface area contributed by atoms with Crippen LogP contribution in [0.1, 0.15) is 60.0 Å². The van der Waals surface area contributed by atoms with E-state index in [4.69, 9.17) is 16.7 Å². The number of hydrogen-bond donors (Lipinski definition) is 3. The number of hydrogen-bond acceptors (Lipinski definition) is 3. The summed E-state index contributed by atoms with van der Waals surface area (Å²) in [5.41, 5.74) is 0.573. The van der Waals surface area contributed by atoms with Crippen LogP contribution in [-0.4, -0.2) is 29.6 Å². The van der Waals surface area contributed by atoms with Crippen LogP contribution in [0.2, 0.25) is 5.02 Å². The average Bonchev–Trinajstić information content (AvgIpc) is 2.78. The molecule has 1 fully saturated rings. The standard InChI is InChI=1S/C24H26ClF3N2O3/c1-14(23(32)33)16-4-9-18(10-5-16)29-13-15-2-7-19(8-3-15)30-22(31)20-12-17(24(26,27)28)6-11-21(20)25/h4-6,9-12,14-15,19,29H,2-3,7-8,13H2,1H3,(H,30,31)(H,32,33). The second kappa shape index (κ2) is 10.5. The van der Waals surface area contributed by atoms with Crippen molar-refractivity contribution in [3.63, 3.8) is 0 Å². The Morgan fingerprint density at radius 2 is 1.73 bits per heavy atom. The minimum absolute atomic E-state index is 0.0119. The molecule has 0 heterocycles. The van der Waals surface area contributed by atoms with Crippen molar-refractivity contribution in [3.8, 4) is 0 Å². The lowest BCUT2D eigenvalue weighted by atomic mass is 9.85. The molecule has 0 aliphatic heterocycles. The number of carbonyl (C=O) groups is 2. The highest BCUT2D eigenvalue weighted by atomic mass is 35.5. The van der Waals surface area contributed by atoms with Crippen LogP contribution in [0.15, 0.2) is 42.5 Å². The number of aliphatic carboxylic acids is 1. The van der Waals surface area contributed by atoms with E-state index in [-0.39, 0.29) is 16.6 Å². The maximum Gasteiger partial charge on any atom is 0.416 e. The van der Waals surface area contributed by atoms with E-state index >= 15 is 0 Å². The fourth-order valence-electron chi connectivity index (χ4n) is 3.94. The van der Waals surface area contributed by atoms with Gasteiger partial charge in [-0.15, -0.1) is 0 Å². The van der Waals surface area contributed by atoms with E-state index in [1.54, 1.807) is 19.1 Å². The first kappa shape index (κ1) is 24.9. The van der Waals surface area contributed by atoms with Crippen LogP contribution in [-0.2, 0) is 11.0 Å². The molecule has 3 rings (SSSR count). The minimum atomic E-state index is -4.54. The van der Waals surface area contributed by atoms with Crippen LogP contribution in [0.5, 0.6) is 0 Å². The molecule has 1 aliphatic carbocycles. The Labute approximate surface area is 195 Å². The number of halogens is 4. The predicted octanol–water partition coefficient (Wildman–Crippen LogP) is 5.95. The van der Waals surface area contributed by atoms with Gasteiger partial charge in [-0.05, 0) is 74.4 Å². The molecule has 5 nitrogen and oxygen atoms in total. The maximum atomic E-state index is 12.9. The van der Waals surface area contributed by atoms with Gasteiger partial charge in [-0.25, -0.2) is 0 Å². The summed E-state index contributed by atoms with van der Waals surface area (Å²) in [6.07, 6.45) is -1.36. The second-order valence-electron chi connectivity index (χ2n) is 8.45. The summed E-state index contributed by atoms with van der Waals surface area (Å²) in [6, 6.07) is 9.94. The van der Waals surface area contributed by atoms with Crippen LogP contribution in [0.4, 0.5) is 18.9 Å². The van der Waals surface area contributed by atoms with Gasteiger partial charge in [0, 0.05) is 18.3 Å². The van der Waals surface area contributed by atoms with Crippen LogP contribution in [0.25, 0.3) is 0 Å². The second-order valence-corrected chi connectivity index (χ2v) is 8.85. The lowest BCUT2D eigenvalue weighted by molar-refractivity contribution is -0.138. The van der Waals surface area contributed by atoms with Crippen LogP contribution in [0.3, 0.4) is 0 Å². The van der Waals surface area contributed by atoms with E-state index in [0.717, 1.165) is 61.7 Å². The van der Waals surface area contributed by atoms with Crippen LogP contribution in [0, 0.1) is 5.92 Å². The van der Waals surface area contributed by atoms with E-state index < -0.39 is 29.5 Å². The molecular weight excluding hydrogens is 457 g/mol. The first-order chi connectivity index (χ1) is 15.5. The summed E-state index contributed by atoms with van der Waals surface area (Å²) in [5, 5.41) is 15.2. The molecule has 178 valence electrons. The van der Waals surface area contributed by atoms with Gasteiger partial charge in [-0.1, -0.05) is 23.7 Å². The van der Waals surface area contributed by atoms with Crippen molar-refractivity contribution < 1.29 is 27.9 Å². The predicted molar refractivity (Wildman–Crippen MR) is 121 cm³/mol. The molecule has 0 radical (unpaired) electrons. The van der Waals surface area contributed by atoms with Crippen molar-refractivity contribution in [2.75, 3.05) is 11.9 Å². The van der Waals surface area contributed by atoms with Gasteiger partial charge in [-0.2, -0.15) is 13.2 Å². The zero-order chi connectivity index (χ0) is 24.2. The van der Waals surface area contributed by atoms with E-state index in [9.17, 15) is 22.8 Å². The summed E-state index contributed by atoms with van der Waals surface area (Å²) < 4.78 is 38.8. The molecule has 3 N–H and O–H groups in total. The van der Waals surface area contributed by atoms with Gasteiger partial charge in [0.2, 0.25) is 0 Å². The van der Waals surface area contributed by atoms with Gasteiger partial charge in [-0.3, -0.25) is 9.59 Å². The molecule has 0 aromatic heterocycles. The molecule has 1 saturated carbocycles. The Morgan fingerprint density at radius 3 is 2.30 bits per heavy atom. The van der Waals surface area contributed by atoms with Gasteiger partial charge in [0.15, 0.2) is 0 Å². The monoisotopic (exact) mass is 482 g/mol. The van der Waals surface area contributed by atoms with Crippen molar-refractivity contribution >= 4 is 29.2 Å². The number of carboxylic acids is 1. The molecule has 0 saturated heterocycles. The van der Waals surface area contributed by atoms with Crippen LogP contribution < -0.4 is 10.6 Å². The molecule has 1 unspecified atom stereocenters. The Bertz CT molecular complexity index is 987. The third-order valence-corrected chi connectivity index (χ3v) is 6.43. The summed E-state index contributed by atoms with van der Waals surface area (Å²) in [7, 11) is 0. The van der Waals surface area contributed by atoms with Gasteiger partial charge in [0.1, 0.15) is 0 Å². The normalized spacial score (nSPS) is 19.5. The largest absolute Gasteiger partial charge is 0.481 e. The van der Waals surface area contributed by atoms with E-state index in [0.29, 0.717) is 5.92 Å². The zero-order valence-electron chi connectivity index (χ0n) is 18.1. The summed E-state index contributed by atoms with van der Waals surface area (Å²) in [5.74, 6) is -1.62. The Morgan fingerprint density at radius 1 is 1.09 bits per heavy atom. The third kappa shape index (κ3) is 6.63. The Balaban J connectivity index is 1.47. The van der Waals surface area contributed by atoms with Crippen LogP contribution >= 0.6 is 11.6 Å². The first-order valence-corrected chi connectivity index (χ1v) is 11.2. The number of rotatable bonds is 7. The Kier molecular flexibility index (Phi) is 7.89. The molecule has 2 aromatic rings. The van der Waals surface area contributed by atoms with E-state index in [1.807, 2.05) is 12.1 Å². The SMILES string of the molecule is CC(C(=O)O)c1ccc(NCC2CCC(NC(=O)c3cc(C(F)(F)F)ccc3Cl)CC2)cc1. The highest BCUT2D eigenvalue weighted by Gasteiger charge is 2.32. The van der Waals surface area contributed by atoms with Crippen molar-refractivity contribution in [2.45, 2.75) is 50.7 Å². The van der Waals surface area contributed by atoms with Crippen molar-refractivity contribution in [2.24, 2.45) is 5.92 Å². The first-order valence-electron chi connectivity index (χ1n) is 10.8. The fourth-order valence-corrected chi connectivity index (χ4v) is 4.15. The lowest BCUT2D eigenvalue weighted by Gasteiger charge is -2.29. The highest BCUT2D eigenvalue weighted by Crippen LogP contribution is 2.32. The zero-order valence-corrected chi connectivity index (χ0v) is 18.8. The van der Waals surface area contributed by atoms with Gasteiger partial charge in [0.25, 0.3) is 5.91 Å². The molecule has 1 aliphatic rings. The Hall–Kier alpha value is -2.74. The van der Waals surface area contributed by atoms with Gasteiger partial charge < -0.3 is 15.7 Å². The lowest BCUT2D eigenvalue weighted by Crippen LogP contribution is -2.38. The molecule has 0 bridgehead atoms. The van der Waals surface area contributed by atoms with E-state index in [2.05, 4.69) is 10.6 Å². The number of carboxylic acid groups (broad SMARTS) is 1.